The quantitative estimate of drug-likeness (QED) is 0.162. The topological polar surface area (TPSA) is 15.3 Å². The van der Waals surface area contributed by atoms with Crippen molar-refractivity contribution in [1.82, 2.24) is 0 Å². The van der Waals surface area contributed by atoms with Gasteiger partial charge in [-0.1, -0.05) is 188 Å². The van der Waals surface area contributed by atoms with Crippen LogP contribution >= 0.6 is 0 Å². The van der Waals surface area contributed by atoms with Crippen molar-refractivity contribution >= 4 is 93.0 Å². The minimum absolute atomic E-state index is 0.416. The molecule has 0 amide bonds. The average Bonchev–Trinajstić information content (AvgIpc) is 3.35. The van der Waals surface area contributed by atoms with Crippen LogP contribution in [0.25, 0.3) is 70.2 Å². The van der Waals surface area contributed by atoms with Crippen LogP contribution in [-0.4, -0.2) is 0 Å². The molecule has 11 aromatic rings. The number of hydrogen-bond donors (Lipinski definition) is 1. The molecule has 0 bridgehead atoms. The second-order valence-electron chi connectivity index (χ2n) is 16.5. The summed E-state index contributed by atoms with van der Waals surface area (Å²) >= 11 is 0. The molecule has 1 aliphatic rings. The van der Waals surface area contributed by atoms with E-state index in [2.05, 4.69) is 247 Å². The summed E-state index contributed by atoms with van der Waals surface area (Å²) in [5.41, 5.74) is 7.69. The molecule has 0 fully saturated rings. The van der Waals surface area contributed by atoms with Crippen LogP contribution in [0, 0.1) is 0 Å². The number of benzene rings is 11. The molecule has 0 aromatic heterocycles. The van der Waals surface area contributed by atoms with Crippen LogP contribution in [0.15, 0.2) is 237 Å². The summed E-state index contributed by atoms with van der Waals surface area (Å²) in [6, 6.07) is 79.6. The highest BCUT2D eigenvalue weighted by Gasteiger charge is 2.31. The number of anilines is 4. The minimum Gasteiger partial charge on any atom is -0.372 e. The molecule has 12 rings (SSSR count). The number of allylic oxidation sites excluding steroid dienone is 2. The summed E-state index contributed by atoms with van der Waals surface area (Å²) < 4.78 is 0. The Kier molecular flexibility index (Phi) is 8.50. The molecule has 11 aromatic carbocycles. The van der Waals surface area contributed by atoms with E-state index in [1.165, 1.54) is 81.3 Å². The predicted molar refractivity (Wildman–Crippen MR) is 266 cm³/mol. The zero-order chi connectivity index (χ0) is 41.0. The second-order valence-corrected chi connectivity index (χ2v) is 16.5. The number of nitrogens with one attached hydrogen (secondary N) is 1. The van der Waals surface area contributed by atoms with Crippen LogP contribution in [0.5, 0.6) is 0 Å². The zero-order valence-corrected chi connectivity index (χ0v) is 34.2. The van der Waals surface area contributed by atoms with Crippen LogP contribution in [0.3, 0.4) is 0 Å². The fourth-order valence-corrected chi connectivity index (χ4v) is 10.1. The van der Waals surface area contributed by atoms with E-state index in [4.69, 9.17) is 0 Å². The molecular weight excluding hydrogens is 749 g/mol. The molecule has 292 valence electrons. The van der Waals surface area contributed by atoms with Gasteiger partial charge in [-0.2, -0.15) is 0 Å². The molecule has 0 saturated carbocycles. The fourth-order valence-electron chi connectivity index (χ4n) is 10.1. The number of fused-ring (bicyclic) bond motifs is 12. The van der Waals surface area contributed by atoms with Gasteiger partial charge in [-0.15, -0.1) is 0 Å². The van der Waals surface area contributed by atoms with E-state index in [1.54, 1.807) is 0 Å². The van der Waals surface area contributed by atoms with Gasteiger partial charge < -0.3 is 10.2 Å². The van der Waals surface area contributed by atoms with Gasteiger partial charge in [-0.3, -0.25) is 0 Å². The molecule has 0 heterocycles. The first-order valence-electron chi connectivity index (χ1n) is 21.6. The molecule has 0 radical (unpaired) electrons. The maximum atomic E-state index is 4.04. The minimum atomic E-state index is -0.416. The SMILES string of the molecule is C1=CC(Nc2ccc3c4ccccc4c4ccccc4c3c2)(c2ccccc2)CC=C1c1ccc(N(c2ccccc2)c2ccc3c4ccccc4c4ccccc4c3c2)cc1. The van der Waals surface area contributed by atoms with Crippen LogP contribution < -0.4 is 10.2 Å². The van der Waals surface area contributed by atoms with Crippen molar-refractivity contribution in [3.05, 3.63) is 248 Å². The first kappa shape index (κ1) is 36.0. The van der Waals surface area contributed by atoms with Gasteiger partial charge in [-0.05, 0) is 136 Å². The summed E-state index contributed by atoms with van der Waals surface area (Å²) in [6.07, 6.45) is 7.87. The average molecular weight is 791 g/mol. The Balaban J connectivity index is 0.897. The van der Waals surface area contributed by atoms with Gasteiger partial charge in [0.15, 0.2) is 0 Å². The Hall–Kier alpha value is -7.94. The zero-order valence-electron chi connectivity index (χ0n) is 34.2. The van der Waals surface area contributed by atoms with Crippen molar-refractivity contribution in [2.75, 3.05) is 10.2 Å². The van der Waals surface area contributed by atoms with Gasteiger partial charge in [0.1, 0.15) is 0 Å². The molecular formula is C60H42N2. The highest BCUT2D eigenvalue weighted by molar-refractivity contribution is 6.27. The highest BCUT2D eigenvalue weighted by atomic mass is 15.1. The number of para-hydroxylation sites is 1. The molecule has 0 spiro atoms. The Morgan fingerprint density at radius 1 is 0.355 bits per heavy atom. The molecule has 2 heteroatoms. The van der Waals surface area contributed by atoms with Gasteiger partial charge in [0, 0.05) is 22.7 Å². The van der Waals surface area contributed by atoms with Crippen molar-refractivity contribution in [2.45, 2.75) is 12.0 Å². The van der Waals surface area contributed by atoms with E-state index >= 15 is 0 Å². The van der Waals surface area contributed by atoms with E-state index in [9.17, 15) is 0 Å². The summed E-state index contributed by atoms with van der Waals surface area (Å²) in [7, 11) is 0. The first-order chi connectivity index (χ1) is 30.7. The molecule has 1 N–H and O–H groups in total. The summed E-state index contributed by atoms with van der Waals surface area (Å²) in [6.45, 7) is 0. The molecule has 1 aliphatic carbocycles. The predicted octanol–water partition coefficient (Wildman–Crippen LogP) is 16.4. The van der Waals surface area contributed by atoms with E-state index < -0.39 is 5.54 Å². The van der Waals surface area contributed by atoms with Crippen LogP contribution in [0.4, 0.5) is 22.7 Å². The lowest BCUT2D eigenvalue weighted by atomic mass is 9.80. The van der Waals surface area contributed by atoms with E-state index in [0.29, 0.717) is 0 Å². The molecule has 0 saturated heterocycles. The molecule has 62 heavy (non-hydrogen) atoms. The van der Waals surface area contributed by atoms with Gasteiger partial charge in [0.2, 0.25) is 0 Å². The Morgan fingerprint density at radius 3 is 1.29 bits per heavy atom. The van der Waals surface area contributed by atoms with Crippen molar-refractivity contribution in [3.63, 3.8) is 0 Å². The molecule has 2 nitrogen and oxygen atoms in total. The van der Waals surface area contributed by atoms with Crippen molar-refractivity contribution in [2.24, 2.45) is 0 Å². The highest BCUT2D eigenvalue weighted by Crippen LogP contribution is 2.43. The van der Waals surface area contributed by atoms with Gasteiger partial charge in [0.25, 0.3) is 0 Å². The molecule has 1 atom stereocenters. The number of nitrogens with zero attached hydrogens (tertiary/aromatic N) is 1. The third-order valence-electron chi connectivity index (χ3n) is 13.1. The third-order valence-corrected chi connectivity index (χ3v) is 13.1. The Labute approximate surface area is 361 Å². The Morgan fingerprint density at radius 2 is 0.774 bits per heavy atom. The van der Waals surface area contributed by atoms with E-state index in [0.717, 1.165) is 29.2 Å². The van der Waals surface area contributed by atoms with E-state index in [1.807, 2.05) is 0 Å². The monoisotopic (exact) mass is 790 g/mol. The lowest BCUT2D eigenvalue weighted by Gasteiger charge is -2.35. The number of rotatable bonds is 7. The van der Waals surface area contributed by atoms with Crippen LogP contribution in [0.2, 0.25) is 0 Å². The van der Waals surface area contributed by atoms with Gasteiger partial charge in [0.05, 0.1) is 5.54 Å². The largest absolute Gasteiger partial charge is 0.372 e. The van der Waals surface area contributed by atoms with Gasteiger partial charge in [-0.25, -0.2) is 0 Å². The molecule has 0 aliphatic heterocycles. The third kappa shape index (κ3) is 5.95. The first-order valence-corrected chi connectivity index (χ1v) is 21.6. The lowest BCUT2D eigenvalue weighted by molar-refractivity contribution is 0.620. The summed E-state index contributed by atoms with van der Waals surface area (Å²) in [4.78, 5) is 2.37. The van der Waals surface area contributed by atoms with Crippen molar-refractivity contribution < 1.29 is 0 Å². The van der Waals surface area contributed by atoms with E-state index in [-0.39, 0.29) is 0 Å². The summed E-state index contributed by atoms with van der Waals surface area (Å²) in [5.74, 6) is 0. The van der Waals surface area contributed by atoms with Crippen LogP contribution in [0.1, 0.15) is 17.5 Å². The standard InChI is InChI=1S/C60H42N2/c1-3-15-43(16-4-1)60(61-44-29-33-56-52-23-9-7-19-48(52)50-21-11-13-25-54(50)58(56)39-44)37-35-42(36-38-60)41-27-30-46(31-28-41)62(45-17-5-2-6-18-45)47-32-34-57-53-24-10-8-20-49(53)51-22-12-14-26-55(51)59(57)40-47/h1-37,39-40,61H,38H2. The summed E-state index contributed by atoms with van der Waals surface area (Å²) in [5, 5.41) is 19.4. The smallest absolute Gasteiger partial charge is 0.0847 e. The van der Waals surface area contributed by atoms with Crippen LogP contribution in [-0.2, 0) is 5.54 Å². The van der Waals surface area contributed by atoms with Crippen molar-refractivity contribution in [3.8, 4) is 0 Å². The Bertz CT molecular complexity index is 3500. The maximum Gasteiger partial charge on any atom is 0.0847 e. The fraction of sp³-hybridized carbons (Fsp3) is 0.0333. The second kappa shape index (κ2) is 14.7. The molecule has 1 unspecified atom stereocenters. The lowest BCUT2D eigenvalue weighted by Crippen LogP contribution is -2.34. The number of hydrogen-bond acceptors (Lipinski definition) is 2. The van der Waals surface area contributed by atoms with Crippen molar-refractivity contribution in [1.29, 1.82) is 0 Å². The normalized spacial score (nSPS) is 15.1. The maximum absolute atomic E-state index is 4.04. The van der Waals surface area contributed by atoms with Gasteiger partial charge >= 0.3 is 0 Å².